The molecule has 1 saturated heterocycles. The minimum atomic E-state index is -0.112. The number of hydrogen-bond donors (Lipinski definition) is 2. The Bertz CT molecular complexity index is 933. The van der Waals surface area contributed by atoms with Crippen LogP contribution in [0.3, 0.4) is 0 Å². The van der Waals surface area contributed by atoms with Gasteiger partial charge in [-0.15, -0.1) is 12.4 Å². The Kier molecular flexibility index (Phi) is 5.25. The molecule has 1 fully saturated rings. The number of halogens is 1. The van der Waals surface area contributed by atoms with Crippen molar-refractivity contribution in [3.8, 4) is 11.3 Å². The molecule has 6 nitrogen and oxygen atoms in total. The van der Waals surface area contributed by atoms with E-state index in [-0.39, 0.29) is 18.3 Å². The lowest BCUT2D eigenvalue weighted by Gasteiger charge is -2.27. The second-order valence-corrected chi connectivity index (χ2v) is 6.60. The standard InChI is InChI=1S/C19H20N4O2.ClH/c1-11-3-5-14(6-4-11)16-7-15(17-12(2)23-25-19(17)22-16)18(24)21-10-13-8-20-9-13;/h3-7,13,20H,8-10H2,1-2H3,(H,21,24);1H. The van der Waals surface area contributed by atoms with Crippen LogP contribution in [0.1, 0.15) is 21.6 Å². The highest BCUT2D eigenvalue weighted by molar-refractivity contribution is 6.07. The van der Waals surface area contributed by atoms with Crippen LogP contribution in [0, 0.1) is 19.8 Å². The first-order chi connectivity index (χ1) is 12.1. The summed E-state index contributed by atoms with van der Waals surface area (Å²) in [6.45, 7) is 6.43. The largest absolute Gasteiger partial charge is 0.352 e. The summed E-state index contributed by atoms with van der Waals surface area (Å²) in [5, 5.41) is 10.9. The van der Waals surface area contributed by atoms with Crippen molar-refractivity contribution < 1.29 is 9.32 Å². The lowest BCUT2D eigenvalue weighted by atomic mass is 10.0. The molecule has 3 heterocycles. The molecule has 0 spiro atoms. The maximum absolute atomic E-state index is 12.8. The van der Waals surface area contributed by atoms with Crippen LogP contribution < -0.4 is 10.6 Å². The van der Waals surface area contributed by atoms with Crippen molar-refractivity contribution in [3.63, 3.8) is 0 Å². The molecule has 136 valence electrons. The second kappa shape index (κ2) is 7.43. The maximum Gasteiger partial charge on any atom is 0.259 e. The molecule has 0 bridgehead atoms. The Hall–Kier alpha value is -2.44. The van der Waals surface area contributed by atoms with Crippen LogP contribution in [-0.4, -0.2) is 35.7 Å². The topological polar surface area (TPSA) is 80.0 Å². The monoisotopic (exact) mass is 372 g/mol. The fraction of sp³-hybridized carbons (Fsp3) is 0.316. The van der Waals surface area contributed by atoms with E-state index in [1.807, 2.05) is 44.2 Å². The molecular formula is C19H21ClN4O2. The van der Waals surface area contributed by atoms with Crippen molar-refractivity contribution in [1.82, 2.24) is 20.8 Å². The van der Waals surface area contributed by atoms with Crippen LogP contribution >= 0.6 is 12.4 Å². The molecule has 1 aliphatic rings. The van der Waals surface area contributed by atoms with Crippen LogP contribution in [0.25, 0.3) is 22.4 Å². The third kappa shape index (κ3) is 3.43. The zero-order valence-corrected chi connectivity index (χ0v) is 15.5. The second-order valence-electron chi connectivity index (χ2n) is 6.60. The zero-order chi connectivity index (χ0) is 17.4. The van der Waals surface area contributed by atoms with Gasteiger partial charge < -0.3 is 15.2 Å². The van der Waals surface area contributed by atoms with Gasteiger partial charge in [-0.2, -0.15) is 0 Å². The van der Waals surface area contributed by atoms with Crippen molar-refractivity contribution >= 4 is 29.4 Å². The van der Waals surface area contributed by atoms with Crippen molar-refractivity contribution in [3.05, 3.63) is 47.2 Å². The summed E-state index contributed by atoms with van der Waals surface area (Å²) in [6.07, 6.45) is 0. The zero-order valence-electron chi connectivity index (χ0n) is 14.7. The molecule has 0 saturated carbocycles. The number of amides is 1. The van der Waals surface area contributed by atoms with Gasteiger partial charge in [0.15, 0.2) is 0 Å². The fourth-order valence-corrected chi connectivity index (χ4v) is 2.97. The Labute approximate surface area is 157 Å². The van der Waals surface area contributed by atoms with Gasteiger partial charge in [-0.05, 0) is 19.9 Å². The van der Waals surface area contributed by atoms with Gasteiger partial charge in [0, 0.05) is 31.1 Å². The summed E-state index contributed by atoms with van der Waals surface area (Å²) >= 11 is 0. The van der Waals surface area contributed by atoms with Gasteiger partial charge in [-0.1, -0.05) is 35.0 Å². The van der Waals surface area contributed by atoms with Crippen LogP contribution in [0.2, 0.25) is 0 Å². The third-order valence-corrected chi connectivity index (χ3v) is 4.63. The third-order valence-electron chi connectivity index (χ3n) is 4.63. The van der Waals surface area contributed by atoms with E-state index in [0.29, 0.717) is 40.5 Å². The van der Waals surface area contributed by atoms with Gasteiger partial charge >= 0.3 is 0 Å². The predicted molar refractivity (Wildman–Crippen MR) is 103 cm³/mol. The lowest BCUT2D eigenvalue weighted by Crippen LogP contribution is -2.48. The summed E-state index contributed by atoms with van der Waals surface area (Å²) in [6, 6.07) is 9.86. The van der Waals surface area contributed by atoms with E-state index in [1.54, 1.807) is 0 Å². The number of benzene rings is 1. The van der Waals surface area contributed by atoms with Crippen molar-refractivity contribution in [2.45, 2.75) is 13.8 Å². The normalized spacial score (nSPS) is 13.9. The van der Waals surface area contributed by atoms with Gasteiger partial charge in [0.05, 0.1) is 22.3 Å². The number of hydrogen-bond acceptors (Lipinski definition) is 5. The van der Waals surface area contributed by atoms with Gasteiger partial charge in [0.2, 0.25) is 0 Å². The number of fused-ring (bicyclic) bond motifs is 1. The van der Waals surface area contributed by atoms with E-state index in [1.165, 1.54) is 5.56 Å². The van der Waals surface area contributed by atoms with E-state index >= 15 is 0 Å². The molecule has 2 aromatic heterocycles. The molecule has 7 heteroatoms. The molecule has 0 radical (unpaired) electrons. The Balaban J connectivity index is 0.00000196. The molecule has 0 unspecified atom stereocenters. The smallest absolute Gasteiger partial charge is 0.259 e. The van der Waals surface area contributed by atoms with E-state index in [0.717, 1.165) is 18.7 Å². The van der Waals surface area contributed by atoms with Crippen LogP contribution in [0.15, 0.2) is 34.9 Å². The number of aryl methyl sites for hydroxylation is 2. The molecule has 2 N–H and O–H groups in total. The van der Waals surface area contributed by atoms with Crippen molar-refractivity contribution in [2.75, 3.05) is 19.6 Å². The number of rotatable bonds is 4. The average Bonchev–Trinajstić information content (AvgIpc) is 2.94. The van der Waals surface area contributed by atoms with E-state index in [2.05, 4.69) is 20.8 Å². The molecule has 1 aromatic carbocycles. The Morgan fingerprint density at radius 2 is 2.00 bits per heavy atom. The summed E-state index contributed by atoms with van der Waals surface area (Å²) in [5.41, 5.74) is 4.45. The van der Waals surface area contributed by atoms with Crippen LogP contribution in [-0.2, 0) is 0 Å². The highest BCUT2D eigenvalue weighted by atomic mass is 35.5. The number of nitrogens with zero attached hydrogens (tertiary/aromatic N) is 2. The van der Waals surface area contributed by atoms with E-state index in [4.69, 9.17) is 4.52 Å². The fourth-order valence-electron chi connectivity index (χ4n) is 2.97. The maximum atomic E-state index is 12.8. The lowest BCUT2D eigenvalue weighted by molar-refractivity contribution is 0.0943. The summed E-state index contributed by atoms with van der Waals surface area (Å²) < 4.78 is 5.33. The average molecular weight is 373 g/mol. The van der Waals surface area contributed by atoms with Gasteiger partial charge in [-0.25, -0.2) is 4.98 Å². The molecule has 26 heavy (non-hydrogen) atoms. The first-order valence-electron chi connectivity index (χ1n) is 8.45. The molecule has 0 aliphatic carbocycles. The molecule has 0 atom stereocenters. The summed E-state index contributed by atoms with van der Waals surface area (Å²) in [5.74, 6) is 0.389. The first kappa shape index (κ1) is 18.4. The summed E-state index contributed by atoms with van der Waals surface area (Å²) in [7, 11) is 0. The molecular weight excluding hydrogens is 352 g/mol. The number of nitrogens with one attached hydrogen (secondary N) is 2. The van der Waals surface area contributed by atoms with Gasteiger partial charge in [0.1, 0.15) is 0 Å². The molecule has 1 aliphatic heterocycles. The molecule has 4 rings (SSSR count). The summed E-state index contributed by atoms with van der Waals surface area (Å²) in [4.78, 5) is 17.3. The number of aromatic nitrogens is 2. The van der Waals surface area contributed by atoms with Gasteiger partial charge in [-0.3, -0.25) is 4.79 Å². The minimum Gasteiger partial charge on any atom is -0.352 e. The van der Waals surface area contributed by atoms with E-state index in [9.17, 15) is 4.79 Å². The number of carbonyl (C=O) groups is 1. The van der Waals surface area contributed by atoms with Crippen LogP contribution in [0.5, 0.6) is 0 Å². The van der Waals surface area contributed by atoms with Crippen molar-refractivity contribution in [1.29, 1.82) is 0 Å². The number of carbonyl (C=O) groups excluding carboxylic acids is 1. The Morgan fingerprint density at radius 3 is 2.65 bits per heavy atom. The van der Waals surface area contributed by atoms with Gasteiger partial charge in [0.25, 0.3) is 11.6 Å². The van der Waals surface area contributed by atoms with E-state index < -0.39 is 0 Å². The Morgan fingerprint density at radius 1 is 1.27 bits per heavy atom. The van der Waals surface area contributed by atoms with Crippen molar-refractivity contribution in [2.24, 2.45) is 5.92 Å². The highest BCUT2D eigenvalue weighted by Gasteiger charge is 2.22. The quantitative estimate of drug-likeness (QED) is 0.736. The predicted octanol–water partition coefficient (Wildman–Crippen LogP) is 2.88. The highest BCUT2D eigenvalue weighted by Crippen LogP contribution is 2.27. The number of pyridine rings is 1. The minimum absolute atomic E-state index is 0. The molecule has 3 aromatic rings. The SMILES string of the molecule is Cc1ccc(-c2cc(C(=O)NCC3CNC3)c3c(C)noc3n2)cc1.Cl. The molecule has 1 amide bonds. The first-order valence-corrected chi connectivity index (χ1v) is 8.45. The van der Waals surface area contributed by atoms with Crippen LogP contribution in [0.4, 0.5) is 0 Å².